The highest BCUT2D eigenvalue weighted by atomic mass is 16.5. The van der Waals surface area contributed by atoms with Gasteiger partial charge in [0.25, 0.3) is 0 Å². The van der Waals surface area contributed by atoms with Crippen LogP contribution in [0.1, 0.15) is 49.4 Å². The maximum atomic E-state index is 12.8. The summed E-state index contributed by atoms with van der Waals surface area (Å²) in [6.07, 6.45) is 4.98. The Morgan fingerprint density at radius 2 is 1.68 bits per heavy atom. The number of anilines is 1. The van der Waals surface area contributed by atoms with E-state index >= 15 is 0 Å². The van der Waals surface area contributed by atoms with E-state index in [1.165, 1.54) is 4.90 Å². The lowest BCUT2D eigenvalue weighted by atomic mass is 9.81. The summed E-state index contributed by atoms with van der Waals surface area (Å²) in [7, 11) is 0. The van der Waals surface area contributed by atoms with Gasteiger partial charge >= 0.3 is 5.97 Å². The van der Waals surface area contributed by atoms with Crippen LogP contribution in [0.3, 0.4) is 0 Å². The summed E-state index contributed by atoms with van der Waals surface area (Å²) in [6, 6.07) is 6.62. The zero-order chi connectivity index (χ0) is 17.6. The Bertz CT molecular complexity index is 683. The number of nitrogens with zero attached hydrogens (tertiary/aromatic N) is 1. The van der Waals surface area contributed by atoms with Crippen molar-refractivity contribution in [3.05, 3.63) is 29.8 Å². The summed E-state index contributed by atoms with van der Waals surface area (Å²) in [4.78, 5) is 38.9. The lowest BCUT2D eigenvalue weighted by Crippen LogP contribution is -2.32. The molecule has 1 aromatic rings. The smallest absolute Gasteiger partial charge is 0.338 e. The highest BCUT2D eigenvalue weighted by Crippen LogP contribution is 2.56. The highest BCUT2D eigenvalue weighted by Gasteiger charge is 2.61. The van der Waals surface area contributed by atoms with Crippen LogP contribution in [0, 0.1) is 23.7 Å². The van der Waals surface area contributed by atoms with Gasteiger partial charge in [-0.1, -0.05) is 13.3 Å². The molecule has 1 aromatic carbocycles. The third kappa shape index (κ3) is 2.57. The minimum Gasteiger partial charge on any atom is -0.462 e. The van der Waals surface area contributed by atoms with Crippen LogP contribution in [-0.4, -0.2) is 24.4 Å². The normalized spacial score (nSPS) is 30.0. The van der Waals surface area contributed by atoms with Gasteiger partial charge in [-0.05, 0) is 61.8 Å². The van der Waals surface area contributed by atoms with Crippen LogP contribution >= 0.6 is 0 Å². The standard InChI is InChI=1S/C20H23NO4/c1-2-3-10-25-20(24)12-6-8-15(9-7-12)21-18(22)16-13-4-5-14(11-13)17(16)19(21)23/h6-9,13-14,16-17H,2-5,10-11H2,1H3/t13-,14+,16-,17-/m0/s1. The van der Waals surface area contributed by atoms with Crippen molar-refractivity contribution in [2.24, 2.45) is 23.7 Å². The molecule has 1 heterocycles. The lowest BCUT2D eigenvalue weighted by Gasteiger charge is -2.19. The number of ether oxygens (including phenoxy) is 1. The van der Waals surface area contributed by atoms with E-state index in [1.807, 2.05) is 6.92 Å². The van der Waals surface area contributed by atoms with Crippen LogP contribution in [0.5, 0.6) is 0 Å². The van der Waals surface area contributed by atoms with Crippen molar-refractivity contribution in [3.63, 3.8) is 0 Å². The summed E-state index contributed by atoms with van der Waals surface area (Å²) in [5, 5.41) is 0. The molecule has 4 atom stereocenters. The summed E-state index contributed by atoms with van der Waals surface area (Å²) in [5.41, 5.74) is 1.01. The molecule has 2 saturated carbocycles. The zero-order valence-electron chi connectivity index (χ0n) is 14.4. The van der Waals surface area contributed by atoms with E-state index in [1.54, 1.807) is 24.3 Å². The molecule has 132 valence electrons. The largest absolute Gasteiger partial charge is 0.462 e. The molecule has 0 unspecified atom stereocenters. The van der Waals surface area contributed by atoms with Crippen molar-refractivity contribution in [2.45, 2.75) is 39.0 Å². The number of carbonyl (C=O) groups excluding carboxylic acids is 3. The predicted octanol–water partition coefficient (Wildman–Crippen LogP) is 3.18. The second kappa shape index (κ2) is 6.28. The summed E-state index contributed by atoms with van der Waals surface area (Å²) in [5.74, 6) is 0.0401. The third-order valence-electron chi connectivity index (χ3n) is 6.02. The number of hydrogen-bond donors (Lipinski definition) is 0. The van der Waals surface area contributed by atoms with Crippen molar-refractivity contribution < 1.29 is 19.1 Å². The van der Waals surface area contributed by atoms with Gasteiger partial charge in [0, 0.05) is 0 Å². The number of rotatable bonds is 5. The minimum absolute atomic E-state index is 0.0551. The first-order valence-electron chi connectivity index (χ1n) is 9.26. The van der Waals surface area contributed by atoms with Crippen molar-refractivity contribution in [1.29, 1.82) is 0 Å². The number of carbonyl (C=O) groups is 3. The average Bonchev–Trinajstić information content (AvgIpc) is 3.29. The number of benzene rings is 1. The van der Waals surface area contributed by atoms with Gasteiger partial charge in [0.1, 0.15) is 0 Å². The quantitative estimate of drug-likeness (QED) is 0.469. The van der Waals surface area contributed by atoms with Gasteiger partial charge in [-0.2, -0.15) is 0 Å². The molecule has 0 aromatic heterocycles. The minimum atomic E-state index is -0.367. The number of fused-ring (bicyclic) bond motifs is 5. The van der Waals surface area contributed by atoms with E-state index in [0.29, 0.717) is 29.7 Å². The van der Waals surface area contributed by atoms with E-state index in [2.05, 4.69) is 0 Å². The molecular weight excluding hydrogens is 318 g/mol. The molecule has 1 saturated heterocycles. The van der Waals surface area contributed by atoms with Gasteiger partial charge in [0.2, 0.25) is 11.8 Å². The molecular formula is C20H23NO4. The van der Waals surface area contributed by atoms with E-state index in [-0.39, 0.29) is 29.6 Å². The van der Waals surface area contributed by atoms with Gasteiger partial charge in [-0.25, -0.2) is 4.79 Å². The van der Waals surface area contributed by atoms with Crippen LogP contribution in [0.4, 0.5) is 5.69 Å². The van der Waals surface area contributed by atoms with Gasteiger partial charge in [-0.15, -0.1) is 0 Å². The van der Waals surface area contributed by atoms with Crippen molar-refractivity contribution in [1.82, 2.24) is 0 Å². The highest BCUT2D eigenvalue weighted by molar-refractivity contribution is 6.22. The number of amides is 2. The van der Waals surface area contributed by atoms with Crippen LogP contribution in [0.25, 0.3) is 0 Å². The monoisotopic (exact) mass is 341 g/mol. The maximum Gasteiger partial charge on any atom is 0.338 e. The Morgan fingerprint density at radius 3 is 2.24 bits per heavy atom. The fraction of sp³-hybridized carbons (Fsp3) is 0.550. The Balaban J connectivity index is 1.50. The topological polar surface area (TPSA) is 63.7 Å². The predicted molar refractivity (Wildman–Crippen MR) is 91.9 cm³/mol. The summed E-state index contributed by atoms with van der Waals surface area (Å²) in [6.45, 7) is 2.45. The molecule has 2 amide bonds. The summed E-state index contributed by atoms with van der Waals surface area (Å²) < 4.78 is 5.19. The van der Waals surface area contributed by atoms with Crippen molar-refractivity contribution in [3.8, 4) is 0 Å². The lowest BCUT2D eigenvalue weighted by molar-refractivity contribution is -0.123. The Hall–Kier alpha value is -2.17. The van der Waals surface area contributed by atoms with E-state index < -0.39 is 0 Å². The van der Waals surface area contributed by atoms with E-state index in [9.17, 15) is 14.4 Å². The second-order valence-corrected chi connectivity index (χ2v) is 7.43. The van der Waals surface area contributed by atoms with Gasteiger partial charge in [0.05, 0.1) is 29.7 Å². The van der Waals surface area contributed by atoms with Crippen LogP contribution in [0.2, 0.25) is 0 Å². The molecule has 3 aliphatic rings. The molecule has 3 fully saturated rings. The first-order chi connectivity index (χ1) is 12.1. The molecule has 25 heavy (non-hydrogen) atoms. The number of esters is 1. The molecule has 0 N–H and O–H groups in total. The fourth-order valence-corrected chi connectivity index (χ4v) is 4.80. The maximum absolute atomic E-state index is 12.8. The van der Waals surface area contributed by atoms with Crippen LogP contribution in [-0.2, 0) is 14.3 Å². The Kier molecular flexibility index (Phi) is 4.10. The van der Waals surface area contributed by atoms with Crippen molar-refractivity contribution in [2.75, 3.05) is 11.5 Å². The Morgan fingerprint density at radius 1 is 1.08 bits per heavy atom. The van der Waals surface area contributed by atoms with Crippen LogP contribution < -0.4 is 4.90 Å². The zero-order valence-corrected chi connectivity index (χ0v) is 14.4. The molecule has 5 nitrogen and oxygen atoms in total. The number of unbranched alkanes of at least 4 members (excludes halogenated alkanes) is 1. The fourth-order valence-electron chi connectivity index (χ4n) is 4.80. The van der Waals surface area contributed by atoms with Gasteiger partial charge < -0.3 is 4.74 Å². The molecule has 2 bridgehead atoms. The van der Waals surface area contributed by atoms with Crippen LogP contribution in [0.15, 0.2) is 24.3 Å². The number of hydrogen-bond acceptors (Lipinski definition) is 4. The number of imide groups is 1. The van der Waals surface area contributed by atoms with Gasteiger partial charge in [-0.3, -0.25) is 14.5 Å². The first kappa shape index (κ1) is 16.3. The molecule has 0 radical (unpaired) electrons. The van der Waals surface area contributed by atoms with E-state index in [4.69, 9.17) is 4.74 Å². The molecule has 0 spiro atoms. The van der Waals surface area contributed by atoms with E-state index in [0.717, 1.165) is 32.1 Å². The van der Waals surface area contributed by atoms with Crippen molar-refractivity contribution >= 4 is 23.5 Å². The molecule has 5 heteroatoms. The first-order valence-corrected chi connectivity index (χ1v) is 9.26. The molecule has 1 aliphatic heterocycles. The second-order valence-electron chi connectivity index (χ2n) is 7.43. The average molecular weight is 341 g/mol. The Labute approximate surface area is 147 Å². The third-order valence-corrected chi connectivity index (χ3v) is 6.02. The van der Waals surface area contributed by atoms with Gasteiger partial charge in [0.15, 0.2) is 0 Å². The SMILES string of the molecule is CCCCOC(=O)c1ccc(N2C(=O)[C@H]3[C@@H]4CC[C@@H](C4)[C@@H]3C2=O)cc1. The molecule has 2 aliphatic carbocycles. The molecule has 4 rings (SSSR count). The summed E-state index contributed by atoms with van der Waals surface area (Å²) >= 11 is 0.